The SMILES string of the molecule is CC(C)(C)OC(=O)N[C@@H](CSCC(=O)O)C(=O)O. The predicted molar refractivity (Wildman–Crippen MR) is 65.8 cm³/mol. The molecule has 1 amide bonds. The largest absolute Gasteiger partial charge is 0.481 e. The van der Waals surface area contributed by atoms with Crippen LogP contribution in [0.5, 0.6) is 0 Å². The summed E-state index contributed by atoms with van der Waals surface area (Å²) in [5.74, 6) is -2.54. The number of carbonyl (C=O) groups is 3. The van der Waals surface area contributed by atoms with Crippen molar-refractivity contribution in [2.24, 2.45) is 0 Å². The molecule has 0 radical (unpaired) electrons. The van der Waals surface area contributed by atoms with Crippen molar-refractivity contribution < 1.29 is 29.3 Å². The second kappa shape index (κ2) is 7.10. The maximum absolute atomic E-state index is 11.3. The van der Waals surface area contributed by atoms with Crippen LogP contribution in [0.2, 0.25) is 0 Å². The molecule has 0 heterocycles. The number of amides is 1. The summed E-state index contributed by atoms with van der Waals surface area (Å²) in [6, 6.07) is -1.18. The van der Waals surface area contributed by atoms with E-state index in [9.17, 15) is 14.4 Å². The lowest BCUT2D eigenvalue weighted by atomic mass is 10.2. The van der Waals surface area contributed by atoms with Gasteiger partial charge in [0, 0.05) is 5.75 Å². The normalized spacial score (nSPS) is 12.6. The van der Waals surface area contributed by atoms with Gasteiger partial charge in [0.2, 0.25) is 0 Å². The first kappa shape index (κ1) is 16.6. The third-order valence-electron chi connectivity index (χ3n) is 1.50. The molecule has 0 saturated heterocycles. The van der Waals surface area contributed by atoms with Crippen LogP contribution in [0, 0.1) is 0 Å². The van der Waals surface area contributed by atoms with Crippen molar-refractivity contribution in [1.29, 1.82) is 0 Å². The maximum Gasteiger partial charge on any atom is 0.408 e. The smallest absolute Gasteiger partial charge is 0.408 e. The monoisotopic (exact) mass is 279 g/mol. The number of thioether (sulfide) groups is 1. The summed E-state index contributed by atoms with van der Waals surface area (Å²) in [5.41, 5.74) is -0.721. The molecule has 0 aromatic rings. The van der Waals surface area contributed by atoms with E-state index in [1.54, 1.807) is 20.8 Å². The molecule has 18 heavy (non-hydrogen) atoms. The second-order valence-corrected chi connectivity index (χ2v) is 5.48. The van der Waals surface area contributed by atoms with Gasteiger partial charge in [-0.15, -0.1) is 11.8 Å². The fourth-order valence-electron chi connectivity index (χ4n) is 0.889. The summed E-state index contributed by atoms with van der Waals surface area (Å²) >= 11 is 0.907. The van der Waals surface area contributed by atoms with Crippen molar-refractivity contribution in [3.05, 3.63) is 0 Å². The summed E-state index contributed by atoms with van der Waals surface area (Å²) in [7, 11) is 0. The minimum atomic E-state index is -1.24. The number of alkyl carbamates (subject to hydrolysis) is 1. The van der Waals surface area contributed by atoms with Crippen molar-refractivity contribution in [2.75, 3.05) is 11.5 Å². The molecular weight excluding hydrogens is 262 g/mol. The van der Waals surface area contributed by atoms with E-state index in [1.165, 1.54) is 0 Å². The Morgan fingerprint density at radius 2 is 1.83 bits per heavy atom. The molecule has 0 bridgehead atoms. The molecular formula is C10H17NO6S. The topological polar surface area (TPSA) is 113 Å². The molecule has 104 valence electrons. The van der Waals surface area contributed by atoms with Gasteiger partial charge in [0.25, 0.3) is 0 Å². The maximum atomic E-state index is 11.3. The van der Waals surface area contributed by atoms with Crippen LogP contribution < -0.4 is 5.32 Å². The van der Waals surface area contributed by atoms with Crippen LogP contribution >= 0.6 is 11.8 Å². The molecule has 0 aromatic heterocycles. The molecule has 8 heteroatoms. The first-order chi connectivity index (χ1) is 8.11. The first-order valence-corrected chi connectivity index (χ1v) is 6.29. The molecule has 0 aromatic carbocycles. The van der Waals surface area contributed by atoms with Crippen LogP contribution in [-0.4, -0.2) is 51.4 Å². The molecule has 0 aliphatic carbocycles. The van der Waals surface area contributed by atoms with Crippen LogP contribution in [-0.2, 0) is 14.3 Å². The number of rotatable bonds is 6. The lowest BCUT2D eigenvalue weighted by Gasteiger charge is -2.21. The van der Waals surface area contributed by atoms with Crippen LogP contribution in [0.25, 0.3) is 0 Å². The van der Waals surface area contributed by atoms with Crippen LogP contribution in [0.1, 0.15) is 20.8 Å². The highest BCUT2D eigenvalue weighted by molar-refractivity contribution is 8.00. The summed E-state index contributed by atoms with van der Waals surface area (Å²) in [4.78, 5) is 32.5. The molecule has 3 N–H and O–H groups in total. The fraction of sp³-hybridized carbons (Fsp3) is 0.700. The molecule has 0 unspecified atom stereocenters. The van der Waals surface area contributed by atoms with Gasteiger partial charge in [-0.1, -0.05) is 0 Å². The van der Waals surface area contributed by atoms with Gasteiger partial charge in [-0.2, -0.15) is 0 Å². The van der Waals surface area contributed by atoms with E-state index in [1.807, 2.05) is 0 Å². The molecule has 0 aliphatic rings. The number of carboxylic acids is 2. The highest BCUT2D eigenvalue weighted by Crippen LogP contribution is 2.08. The van der Waals surface area contributed by atoms with Crippen molar-refractivity contribution >= 4 is 29.8 Å². The van der Waals surface area contributed by atoms with E-state index in [4.69, 9.17) is 14.9 Å². The average Bonchev–Trinajstić information content (AvgIpc) is 2.12. The molecule has 1 atom stereocenters. The van der Waals surface area contributed by atoms with Gasteiger partial charge >= 0.3 is 18.0 Å². The van der Waals surface area contributed by atoms with Crippen molar-refractivity contribution in [3.63, 3.8) is 0 Å². The fourth-order valence-corrected chi connectivity index (χ4v) is 1.64. The Labute approximate surface area is 109 Å². The zero-order valence-electron chi connectivity index (χ0n) is 10.4. The van der Waals surface area contributed by atoms with Crippen molar-refractivity contribution in [1.82, 2.24) is 5.32 Å². The Hall–Kier alpha value is -1.44. The number of hydrogen-bond donors (Lipinski definition) is 3. The quantitative estimate of drug-likeness (QED) is 0.658. The van der Waals surface area contributed by atoms with Gasteiger partial charge in [0.1, 0.15) is 11.6 Å². The van der Waals surface area contributed by atoms with Crippen LogP contribution in [0.3, 0.4) is 0 Å². The van der Waals surface area contributed by atoms with E-state index in [2.05, 4.69) is 5.32 Å². The Morgan fingerprint density at radius 1 is 1.28 bits per heavy atom. The summed E-state index contributed by atoms with van der Waals surface area (Å²) in [6.07, 6.45) is -0.842. The average molecular weight is 279 g/mol. The highest BCUT2D eigenvalue weighted by Gasteiger charge is 2.24. The minimum absolute atomic E-state index is 0.0408. The van der Waals surface area contributed by atoms with Gasteiger partial charge in [-0.25, -0.2) is 9.59 Å². The molecule has 0 fully saturated rings. The number of nitrogens with one attached hydrogen (secondary N) is 1. The van der Waals surface area contributed by atoms with E-state index >= 15 is 0 Å². The van der Waals surface area contributed by atoms with E-state index in [0.29, 0.717) is 0 Å². The number of aliphatic carboxylic acids is 2. The molecule has 0 rings (SSSR count). The zero-order chi connectivity index (χ0) is 14.3. The van der Waals surface area contributed by atoms with Gasteiger partial charge in [0.05, 0.1) is 5.75 Å². The van der Waals surface area contributed by atoms with E-state index in [0.717, 1.165) is 11.8 Å². The van der Waals surface area contributed by atoms with Crippen LogP contribution in [0.4, 0.5) is 4.79 Å². The lowest BCUT2D eigenvalue weighted by molar-refractivity contribution is -0.139. The number of carbonyl (C=O) groups excluding carboxylic acids is 1. The molecule has 0 aliphatic heterocycles. The summed E-state index contributed by atoms with van der Waals surface area (Å²) in [6.45, 7) is 4.96. The van der Waals surface area contributed by atoms with Gasteiger partial charge < -0.3 is 20.3 Å². The van der Waals surface area contributed by atoms with Gasteiger partial charge in [-0.3, -0.25) is 4.79 Å². The third kappa shape index (κ3) is 8.68. The third-order valence-corrected chi connectivity index (χ3v) is 2.52. The minimum Gasteiger partial charge on any atom is -0.481 e. The number of ether oxygens (including phenoxy) is 1. The predicted octanol–water partition coefficient (Wildman–Crippen LogP) is 0.782. The molecule has 7 nitrogen and oxygen atoms in total. The van der Waals surface area contributed by atoms with Gasteiger partial charge in [0.15, 0.2) is 0 Å². The van der Waals surface area contributed by atoms with E-state index in [-0.39, 0.29) is 11.5 Å². The van der Waals surface area contributed by atoms with Crippen molar-refractivity contribution in [2.45, 2.75) is 32.4 Å². The Balaban J connectivity index is 4.23. The number of carboxylic acid groups (broad SMARTS) is 2. The van der Waals surface area contributed by atoms with E-state index < -0.39 is 29.7 Å². The second-order valence-electron chi connectivity index (χ2n) is 4.45. The van der Waals surface area contributed by atoms with Crippen LogP contribution in [0.15, 0.2) is 0 Å². The Morgan fingerprint density at radius 3 is 2.22 bits per heavy atom. The summed E-state index contributed by atoms with van der Waals surface area (Å²) in [5, 5.41) is 19.4. The summed E-state index contributed by atoms with van der Waals surface area (Å²) < 4.78 is 4.91. The highest BCUT2D eigenvalue weighted by atomic mass is 32.2. The molecule has 0 saturated carbocycles. The lowest BCUT2D eigenvalue weighted by Crippen LogP contribution is -2.45. The number of hydrogen-bond acceptors (Lipinski definition) is 5. The first-order valence-electron chi connectivity index (χ1n) is 5.13. The Kier molecular flexibility index (Phi) is 6.53. The zero-order valence-corrected chi connectivity index (χ0v) is 11.2. The Bertz CT molecular complexity index is 325. The standard InChI is InChI=1S/C10H17NO6S/c1-10(2,3)17-9(16)11-6(8(14)15)4-18-5-7(12)13/h6H,4-5H2,1-3H3,(H,11,16)(H,12,13)(H,14,15)/t6-/m0/s1. The van der Waals surface area contributed by atoms with Gasteiger partial charge in [-0.05, 0) is 20.8 Å². The molecule has 0 spiro atoms. The van der Waals surface area contributed by atoms with Crippen molar-refractivity contribution in [3.8, 4) is 0 Å².